The second kappa shape index (κ2) is 8.32. The largest absolute Gasteiger partial charge is 0.340 e. The van der Waals surface area contributed by atoms with Crippen molar-refractivity contribution < 1.29 is 13.2 Å². The smallest absolute Gasteiger partial charge is 0.238 e. The fourth-order valence-electron chi connectivity index (χ4n) is 3.61. The normalized spacial score (nSPS) is 15.8. The maximum Gasteiger partial charge on any atom is 0.238 e. The molecule has 1 aliphatic heterocycles. The van der Waals surface area contributed by atoms with Crippen molar-refractivity contribution in [2.45, 2.75) is 28.6 Å². The van der Waals surface area contributed by atoms with Gasteiger partial charge in [0.05, 0.1) is 16.3 Å². The molecule has 33 heavy (non-hydrogen) atoms. The zero-order valence-electron chi connectivity index (χ0n) is 17.8. The maximum absolute atomic E-state index is 12.1. The Morgan fingerprint density at radius 3 is 2.67 bits per heavy atom. The van der Waals surface area contributed by atoms with E-state index in [1.807, 2.05) is 18.2 Å². The summed E-state index contributed by atoms with van der Waals surface area (Å²) in [6, 6.07) is 12.1. The van der Waals surface area contributed by atoms with Crippen molar-refractivity contribution in [1.82, 2.24) is 9.97 Å². The van der Waals surface area contributed by atoms with Crippen LogP contribution in [-0.4, -0.2) is 37.1 Å². The Morgan fingerprint density at radius 1 is 1.12 bits per heavy atom. The molecular weight excluding hydrogens is 460 g/mol. The lowest BCUT2D eigenvalue weighted by Crippen LogP contribution is -2.31. The Balaban J connectivity index is 1.45. The first kappa shape index (κ1) is 21.7. The molecule has 0 bridgehead atoms. The average Bonchev–Trinajstić information content (AvgIpc) is 3.62. The van der Waals surface area contributed by atoms with Crippen LogP contribution in [0.25, 0.3) is 0 Å². The van der Waals surface area contributed by atoms with Gasteiger partial charge in [0.2, 0.25) is 21.9 Å². The van der Waals surface area contributed by atoms with Gasteiger partial charge in [0.25, 0.3) is 0 Å². The van der Waals surface area contributed by atoms with Crippen LogP contribution in [0.4, 0.5) is 28.8 Å². The minimum atomic E-state index is -3.82. The summed E-state index contributed by atoms with van der Waals surface area (Å²) in [5, 5.41) is 11.7. The predicted molar refractivity (Wildman–Crippen MR) is 129 cm³/mol. The van der Waals surface area contributed by atoms with Crippen molar-refractivity contribution in [3.8, 4) is 0 Å². The molecule has 5 rings (SSSR count). The summed E-state index contributed by atoms with van der Waals surface area (Å²) in [7, 11) is -2.03. The number of hydrogen-bond donors (Lipinski definition) is 3. The van der Waals surface area contributed by atoms with Crippen LogP contribution in [0.5, 0.6) is 0 Å². The molecule has 170 valence electrons. The Kier molecular flexibility index (Phi) is 5.47. The highest BCUT2D eigenvalue weighted by Crippen LogP contribution is 2.44. The Hall–Kier alpha value is -3.15. The molecule has 1 aromatic heterocycles. The SMILES string of the molecule is CN1C(=O)CSc2ccc(Nc3nc(Nc4cccc(S(N)(=O)=O)c4)ncc3C3CC3)cc21. The van der Waals surface area contributed by atoms with Gasteiger partial charge < -0.3 is 15.5 Å². The van der Waals surface area contributed by atoms with Crippen LogP contribution in [0, 0.1) is 0 Å². The fraction of sp³-hybridized carbons (Fsp3) is 0.227. The molecule has 3 aromatic rings. The van der Waals surface area contributed by atoms with E-state index < -0.39 is 10.0 Å². The van der Waals surface area contributed by atoms with Gasteiger partial charge in [-0.25, -0.2) is 18.5 Å². The van der Waals surface area contributed by atoms with Gasteiger partial charge in [0, 0.05) is 35.1 Å². The van der Waals surface area contributed by atoms with Crippen molar-refractivity contribution in [2.75, 3.05) is 28.3 Å². The van der Waals surface area contributed by atoms with Crippen LogP contribution < -0.4 is 20.7 Å². The van der Waals surface area contributed by atoms with Gasteiger partial charge in [0.1, 0.15) is 5.82 Å². The highest BCUT2D eigenvalue weighted by atomic mass is 32.2. The third-order valence-corrected chi connectivity index (χ3v) is 7.52. The fourth-order valence-corrected chi connectivity index (χ4v) is 5.15. The van der Waals surface area contributed by atoms with Crippen LogP contribution in [-0.2, 0) is 14.8 Å². The lowest BCUT2D eigenvalue weighted by Gasteiger charge is -2.26. The van der Waals surface area contributed by atoms with E-state index in [0.29, 0.717) is 29.1 Å². The third kappa shape index (κ3) is 4.65. The zero-order valence-corrected chi connectivity index (χ0v) is 19.4. The monoisotopic (exact) mass is 482 g/mol. The number of nitrogens with one attached hydrogen (secondary N) is 2. The number of primary sulfonamides is 1. The molecule has 2 heterocycles. The molecule has 1 saturated carbocycles. The summed E-state index contributed by atoms with van der Waals surface area (Å²) in [4.78, 5) is 23.9. The Morgan fingerprint density at radius 2 is 1.91 bits per heavy atom. The average molecular weight is 483 g/mol. The lowest BCUT2D eigenvalue weighted by atomic mass is 10.2. The molecule has 1 amide bonds. The summed E-state index contributed by atoms with van der Waals surface area (Å²) in [6.07, 6.45) is 3.96. The minimum Gasteiger partial charge on any atom is -0.340 e. The number of aromatic nitrogens is 2. The number of carbonyl (C=O) groups excluding carboxylic acids is 1. The van der Waals surface area contributed by atoms with Gasteiger partial charge in [-0.3, -0.25) is 4.79 Å². The molecule has 11 heteroatoms. The molecule has 0 spiro atoms. The highest BCUT2D eigenvalue weighted by Gasteiger charge is 2.28. The molecule has 4 N–H and O–H groups in total. The van der Waals surface area contributed by atoms with Crippen LogP contribution in [0.15, 0.2) is 58.5 Å². The van der Waals surface area contributed by atoms with Crippen molar-refractivity contribution in [3.05, 3.63) is 54.2 Å². The number of nitrogens with two attached hydrogens (primary N) is 1. The quantitative estimate of drug-likeness (QED) is 0.486. The molecule has 1 fully saturated rings. The maximum atomic E-state index is 12.1. The second-order valence-corrected chi connectivity index (χ2v) is 10.6. The molecule has 9 nitrogen and oxygen atoms in total. The Labute approximate surface area is 195 Å². The van der Waals surface area contributed by atoms with Crippen LogP contribution in [0.1, 0.15) is 24.3 Å². The van der Waals surface area contributed by atoms with Gasteiger partial charge in [-0.1, -0.05) is 6.07 Å². The number of hydrogen-bond acceptors (Lipinski definition) is 8. The molecule has 0 unspecified atom stereocenters. The molecule has 0 saturated heterocycles. The molecule has 0 atom stereocenters. The van der Waals surface area contributed by atoms with E-state index >= 15 is 0 Å². The van der Waals surface area contributed by atoms with Crippen molar-refractivity contribution in [1.29, 1.82) is 0 Å². The minimum absolute atomic E-state index is 0.00560. The number of sulfonamides is 1. The first-order valence-corrected chi connectivity index (χ1v) is 12.9. The summed E-state index contributed by atoms with van der Waals surface area (Å²) >= 11 is 1.53. The third-order valence-electron chi connectivity index (χ3n) is 5.56. The number of rotatable bonds is 6. The van der Waals surface area contributed by atoms with Gasteiger partial charge in [-0.05, 0) is 55.2 Å². The van der Waals surface area contributed by atoms with E-state index in [4.69, 9.17) is 5.14 Å². The van der Waals surface area contributed by atoms with Crippen LogP contribution in [0.3, 0.4) is 0 Å². The van der Waals surface area contributed by atoms with Gasteiger partial charge >= 0.3 is 0 Å². The van der Waals surface area contributed by atoms with Crippen molar-refractivity contribution >= 4 is 56.5 Å². The lowest BCUT2D eigenvalue weighted by molar-refractivity contribution is -0.116. The molecular formula is C22H22N6O3S2. The molecule has 1 aliphatic carbocycles. The van der Waals surface area contributed by atoms with E-state index in [-0.39, 0.29) is 10.8 Å². The number of benzene rings is 2. The van der Waals surface area contributed by atoms with Gasteiger partial charge in [-0.2, -0.15) is 4.98 Å². The molecule has 2 aromatic carbocycles. The second-order valence-electron chi connectivity index (χ2n) is 8.02. The number of thioether (sulfide) groups is 1. The van der Waals surface area contributed by atoms with Gasteiger partial charge in [-0.15, -0.1) is 11.8 Å². The number of carbonyl (C=O) groups is 1. The summed E-state index contributed by atoms with van der Waals surface area (Å²) in [6.45, 7) is 0. The predicted octanol–water partition coefficient (Wildman–Crippen LogP) is 3.56. The van der Waals surface area contributed by atoms with Crippen LogP contribution >= 0.6 is 11.8 Å². The van der Waals surface area contributed by atoms with E-state index in [2.05, 4.69) is 20.6 Å². The standard InChI is InChI=1S/C22H22N6O3S2/c1-28-18-10-15(7-8-19(18)32-12-20(28)29)25-21-17(13-5-6-13)11-24-22(27-21)26-14-3-2-4-16(9-14)33(23,30)31/h2-4,7-11,13H,5-6,12H2,1H3,(H2,23,30,31)(H2,24,25,26,27). The zero-order chi connectivity index (χ0) is 23.2. The summed E-state index contributed by atoms with van der Waals surface area (Å²) in [5.74, 6) is 1.92. The number of amides is 1. The Bertz CT molecular complexity index is 1360. The number of nitrogens with zero attached hydrogens (tertiary/aromatic N) is 3. The van der Waals surface area contributed by atoms with E-state index in [1.165, 1.54) is 23.9 Å². The number of anilines is 5. The summed E-state index contributed by atoms with van der Waals surface area (Å²) < 4.78 is 23.3. The van der Waals surface area contributed by atoms with Crippen molar-refractivity contribution in [3.63, 3.8) is 0 Å². The molecule has 0 radical (unpaired) electrons. The van der Waals surface area contributed by atoms with Crippen molar-refractivity contribution in [2.24, 2.45) is 5.14 Å². The van der Waals surface area contributed by atoms with E-state index in [1.54, 1.807) is 30.3 Å². The summed E-state index contributed by atoms with van der Waals surface area (Å²) in [5.41, 5.74) is 3.22. The first-order valence-electron chi connectivity index (χ1n) is 10.4. The first-order chi connectivity index (χ1) is 15.8. The van der Waals surface area contributed by atoms with Gasteiger partial charge in [0.15, 0.2) is 0 Å². The van der Waals surface area contributed by atoms with E-state index in [0.717, 1.165) is 34.7 Å². The van der Waals surface area contributed by atoms with Crippen LogP contribution in [0.2, 0.25) is 0 Å². The number of fused-ring (bicyclic) bond motifs is 1. The van der Waals surface area contributed by atoms with E-state index in [9.17, 15) is 13.2 Å². The topological polar surface area (TPSA) is 130 Å². The highest BCUT2D eigenvalue weighted by molar-refractivity contribution is 8.00. The molecule has 2 aliphatic rings.